The number of halogens is 2. The molecule has 0 spiro atoms. The van der Waals surface area contributed by atoms with Crippen molar-refractivity contribution >= 4 is 17.1 Å². The summed E-state index contributed by atoms with van der Waals surface area (Å²) >= 11 is 0. The number of nitrogens with one attached hydrogen (secondary N) is 3. The van der Waals surface area contributed by atoms with E-state index in [-0.39, 0.29) is 35.0 Å². The third-order valence-electron chi connectivity index (χ3n) is 13.1. The molecule has 280 valence electrons. The van der Waals surface area contributed by atoms with Gasteiger partial charge in [0, 0.05) is 35.8 Å². The van der Waals surface area contributed by atoms with E-state index >= 15 is 8.78 Å². The highest BCUT2D eigenvalue weighted by Gasteiger charge is 2.61. The number of imidazole rings is 2. The quantitative estimate of drug-likeness (QED) is 0.0798. The van der Waals surface area contributed by atoms with Gasteiger partial charge in [0.15, 0.2) is 0 Å². The van der Waals surface area contributed by atoms with Crippen LogP contribution in [0.2, 0.25) is 0 Å². The molecule has 3 aromatic carbocycles. The molecule has 13 heteroatoms. The van der Waals surface area contributed by atoms with Gasteiger partial charge < -0.3 is 29.9 Å². The van der Waals surface area contributed by atoms with Gasteiger partial charge in [-0.05, 0) is 111 Å². The minimum atomic E-state index is -3.20. The number of carbonyl (C=O) groups is 1. The van der Waals surface area contributed by atoms with Gasteiger partial charge in [0.25, 0.3) is 5.92 Å². The van der Waals surface area contributed by atoms with E-state index in [1.165, 1.54) is 0 Å². The highest BCUT2D eigenvalue weighted by molar-refractivity contribution is 5.87. The number of piperidine rings is 1. The van der Waals surface area contributed by atoms with Gasteiger partial charge in [-0.25, -0.2) is 9.97 Å². The second kappa shape index (κ2) is 12.5. The second-order valence-electron chi connectivity index (χ2n) is 15.9. The topological polar surface area (TPSA) is 142 Å². The van der Waals surface area contributed by atoms with Crippen molar-refractivity contribution in [2.24, 2.45) is 11.8 Å². The van der Waals surface area contributed by atoms with Crippen LogP contribution in [0.5, 0.6) is 0 Å². The Kier molecular flexibility index (Phi) is 7.87. The normalized spacial score (nSPS) is 26.6. The average Bonchev–Trinajstić information content (AvgIpc) is 4.05. The van der Waals surface area contributed by atoms with Crippen LogP contribution in [-0.2, 0) is 10.7 Å². The monoisotopic (exact) mass is 735 g/mol. The molecule has 10 rings (SSSR count). The molecule has 6 atom stereocenters. The third kappa shape index (κ3) is 5.12. The molecule has 11 nitrogen and oxygen atoms in total. The number of aromatic amines is 2. The molecule has 3 saturated heterocycles. The molecule has 2 bridgehead atoms. The summed E-state index contributed by atoms with van der Waals surface area (Å²) in [6, 6.07) is 15.0. The van der Waals surface area contributed by atoms with Gasteiger partial charge >= 0.3 is 6.09 Å². The number of benzene rings is 3. The summed E-state index contributed by atoms with van der Waals surface area (Å²) in [4.78, 5) is 29.1. The lowest BCUT2D eigenvalue weighted by Crippen LogP contribution is -2.72. The van der Waals surface area contributed by atoms with Crippen molar-refractivity contribution in [1.82, 2.24) is 30.3 Å². The minimum Gasteiger partial charge on any atom is -0.494 e. The van der Waals surface area contributed by atoms with Crippen molar-refractivity contribution in [2.75, 3.05) is 19.8 Å². The van der Waals surface area contributed by atoms with E-state index in [1.807, 2.05) is 30.3 Å². The first kappa shape index (κ1) is 34.0. The van der Waals surface area contributed by atoms with Crippen molar-refractivity contribution in [1.29, 1.82) is 0 Å². The van der Waals surface area contributed by atoms with Crippen LogP contribution in [-0.4, -0.2) is 72.8 Å². The van der Waals surface area contributed by atoms with Gasteiger partial charge in [-0.3, -0.25) is 0 Å². The Morgan fingerprint density at radius 1 is 0.963 bits per heavy atom. The van der Waals surface area contributed by atoms with Crippen LogP contribution < -0.4 is 10.4 Å². The second-order valence-corrected chi connectivity index (χ2v) is 15.9. The summed E-state index contributed by atoms with van der Waals surface area (Å²) in [5.74, 6) is -1.71. The Hall–Kier alpha value is -4.53. The van der Waals surface area contributed by atoms with Gasteiger partial charge in [0.1, 0.15) is 23.7 Å². The number of rotatable bonds is 7. The number of carboxylic acid groups (broad SMARTS) is 1. The molecule has 3 aliphatic heterocycles. The molecule has 4 N–H and O–H groups in total. The zero-order valence-corrected chi connectivity index (χ0v) is 30.0. The van der Waals surface area contributed by atoms with E-state index in [0.717, 1.165) is 50.0 Å². The van der Waals surface area contributed by atoms with Crippen molar-refractivity contribution in [3.05, 3.63) is 83.6 Å². The SMILES string of the molecule is CC(C1CCOCC1)[N+](O)(C(=O)[O-])N1[C@@H]2CC[C@H](C2)[C@H]1c1nc2ccc(-c3ccc4c(c3)C(F)(F)c3cc(-c5cnc(C6CCCN6)[nH]5)ccc3-4)cc2[nH]1. The van der Waals surface area contributed by atoms with Gasteiger partial charge in [-0.15, -0.1) is 5.01 Å². The number of nitrogens with zero attached hydrogens (tertiary/aromatic N) is 4. The van der Waals surface area contributed by atoms with E-state index in [9.17, 15) is 15.1 Å². The average molecular weight is 736 g/mol. The van der Waals surface area contributed by atoms with Crippen LogP contribution in [0.3, 0.4) is 0 Å². The van der Waals surface area contributed by atoms with Crippen LogP contribution in [0, 0.1) is 11.8 Å². The fourth-order valence-corrected chi connectivity index (χ4v) is 10.2. The number of quaternary nitrogens is 1. The van der Waals surface area contributed by atoms with E-state index in [4.69, 9.17) is 9.72 Å². The Labute approximate surface area is 310 Å². The first-order chi connectivity index (χ1) is 26.1. The van der Waals surface area contributed by atoms with Crippen LogP contribution in [0.1, 0.15) is 86.7 Å². The lowest BCUT2D eigenvalue weighted by atomic mass is 9.92. The zero-order chi connectivity index (χ0) is 36.9. The molecule has 5 heterocycles. The summed E-state index contributed by atoms with van der Waals surface area (Å²) in [6.45, 7) is 3.80. The third-order valence-corrected chi connectivity index (χ3v) is 13.1. The number of alkyl halides is 2. The van der Waals surface area contributed by atoms with Gasteiger partial charge in [0.05, 0.1) is 35.0 Å². The van der Waals surface area contributed by atoms with Crippen LogP contribution >= 0.6 is 0 Å². The Balaban J connectivity index is 0.951. The highest BCUT2D eigenvalue weighted by atomic mass is 19.3. The maximum absolute atomic E-state index is 16.3. The zero-order valence-electron chi connectivity index (χ0n) is 30.0. The predicted molar refractivity (Wildman–Crippen MR) is 194 cm³/mol. The standard InChI is InChI=1S/C41H43F2N7O4/c1-22(23-12-15-54-16-13-23)50(53,40(51)52)49-28-8-4-27(17-28)37(49)39-46-33-11-7-25(20-35(33)47-39)24-5-9-29-30-10-6-26(19-32(30)41(42,43)31(29)18-24)36-21-45-38(48-36)34-3-2-14-44-34/h5-7,9-11,18-23,27-28,34,37,44,53H,2-4,8,12-17H2,1H3,(H2-,45,46,47,48,51,52)/t22?,27-,28-,34?,37+,50?/m1/s1. The number of hydrogen-bond donors (Lipinski definition) is 4. The predicted octanol–water partition coefficient (Wildman–Crippen LogP) is 6.97. The molecule has 4 fully saturated rings. The molecular weight excluding hydrogens is 692 g/mol. The number of ether oxygens (including phenoxy) is 1. The summed E-state index contributed by atoms with van der Waals surface area (Å²) in [6.07, 6.45) is 6.04. The van der Waals surface area contributed by atoms with Crippen LogP contribution in [0.15, 0.2) is 60.8 Å². The summed E-state index contributed by atoms with van der Waals surface area (Å²) < 4.78 is 36.9. The van der Waals surface area contributed by atoms with Crippen molar-refractivity contribution in [3.8, 4) is 33.5 Å². The van der Waals surface area contributed by atoms with Crippen LogP contribution in [0.25, 0.3) is 44.5 Å². The molecule has 1 amide bonds. The Morgan fingerprint density at radius 2 is 1.69 bits per heavy atom. The maximum atomic E-state index is 16.3. The largest absolute Gasteiger partial charge is 0.494 e. The molecule has 2 aliphatic carbocycles. The molecule has 5 aromatic rings. The van der Waals surface area contributed by atoms with Crippen molar-refractivity contribution in [3.63, 3.8) is 0 Å². The minimum absolute atomic E-state index is 0.0209. The number of amides is 1. The molecule has 3 unspecified atom stereocenters. The molecule has 1 saturated carbocycles. The van der Waals surface area contributed by atoms with Gasteiger partial charge in [0.2, 0.25) is 0 Å². The fraction of sp³-hybridized carbons (Fsp3) is 0.439. The van der Waals surface area contributed by atoms with Gasteiger partial charge in [-0.1, -0.05) is 35.1 Å². The van der Waals surface area contributed by atoms with E-state index < -0.39 is 28.9 Å². The number of fused-ring (bicyclic) bond motifs is 6. The van der Waals surface area contributed by atoms with Crippen molar-refractivity contribution in [2.45, 2.75) is 82.0 Å². The smallest absolute Gasteiger partial charge is 0.313 e. The summed E-state index contributed by atoms with van der Waals surface area (Å²) in [7, 11) is 0. The lowest BCUT2D eigenvalue weighted by Gasteiger charge is -2.48. The van der Waals surface area contributed by atoms with Crippen LogP contribution in [0.4, 0.5) is 13.6 Å². The van der Waals surface area contributed by atoms with Gasteiger partial charge in [-0.2, -0.15) is 14.0 Å². The van der Waals surface area contributed by atoms with E-state index in [1.54, 1.807) is 42.4 Å². The maximum Gasteiger partial charge on any atom is 0.313 e. The fourth-order valence-electron chi connectivity index (χ4n) is 10.2. The molecule has 54 heavy (non-hydrogen) atoms. The number of aromatic nitrogens is 4. The number of carbonyl (C=O) groups excluding carboxylic acids is 1. The van der Waals surface area contributed by atoms with E-state index in [2.05, 4.69) is 20.3 Å². The summed E-state index contributed by atoms with van der Waals surface area (Å²) in [5.41, 5.74) is 5.15. The summed E-state index contributed by atoms with van der Waals surface area (Å²) in [5, 5.41) is 30.1. The van der Waals surface area contributed by atoms with Crippen molar-refractivity contribution < 1.29 is 33.4 Å². The molecular formula is C41H43F2N7O4. The number of hydroxylamine groups is 2. The number of H-pyrrole nitrogens is 2. The molecule has 2 aromatic heterocycles. The highest BCUT2D eigenvalue weighted by Crippen LogP contribution is 2.54. The molecule has 0 radical (unpaired) electrons. The Morgan fingerprint density at radius 3 is 2.43 bits per heavy atom. The van der Waals surface area contributed by atoms with E-state index in [0.29, 0.717) is 70.9 Å². The first-order valence-electron chi connectivity index (χ1n) is 19.3. The molecule has 5 aliphatic rings. The Bertz CT molecular complexity index is 2280. The lowest BCUT2D eigenvalue weighted by molar-refractivity contribution is -1.16. The first-order valence-corrected chi connectivity index (χ1v) is 19.3. The number of hydrogen-bond acceptors (Lipinski definition) is 8.